The fraction of sp³-hybridized carbons (Fsp3) is 0.391. The molecule has 4 rings (SSSR count). The maximum atomic E-state index is 13.2. The molecule has 2 amide bonds. The highest BCUT2D eigenvalue weighted by Gasteiger charge is 2.53. The van der Waals surface area contributed by atoms with Crippen molar-refractivity contribution in [3.05, 3.63) is 28.4 Å². The van der Waals surface area contributed by atoms with E-state index in [1.165, 1.54) is 41.9 Å². The summed E-state index contributed by atoms with van der Waals surface area (Å²) in [5.74, 6) is -3.11. The van der Waals surface area contributed by atoms with Crippen molar-refractivity contribution in [3.8, 4) is 0 Å². The molecule has 2 aliphatic heterocycles. The second-order valence-corrected chi connectivity index (χ2v) is 12.0. The molecule has 224 valence electrons. The highest BCUT2D eigenvalue weighted by Crippen LogP contribution is 2.41. The molecule has 16 nitrogen and oxygen atoms in total. The number of hydrogen-bond donors (Lipinski definition) is 5. The van der Waals surface area contributed by atoms with Crippen molar-refractivity contribution in [2.45, 2.75) is 49.5 Å². The summed E-state index contributed by atoms with van der Waals surface area (Å²) in [5.41, 5.74) is 17.4. The first-order chi connectivity index (χ1) is 19.9. The molecule has 8 N–H and O–H groups in total. The number of nitrogens with one attached hydrogen (secondary N) is 1. The minimum absolute atomic E-state index is 0.0622. The van der Waals surface area contributed by atoms with Crippen LogP contribution in [-0.4, -0.2) is 78.5 Å². The van der Waals surface area contributed by atoms with Crippen molar-refractivity contribution < 1.29 is 38.8 Å². The number of aliphatic carboxylic acids is 2. The first-order valence-corrected chi connectivity index (χ1v) is 15.3. The van der Waals surface area contributed by atoms with Gasteiger partial charge in [0.15, 0.2) is 10.8 Å². The van der Waals surface area contributed by atoms with Crippen molar-refractivity contribution in [1.82, 2.24) is 20.2 Å². The molecule has 2 aromatic rings. The highest BCUT2D eigenvalue weighted by atomic mass is 32.2. The summed E-state index contributed by atoms with van der Waals surface area (Å²) in [7, 11) is 0. The molecule has 19 heteroatoms. The van der Waals surface area contributed by atoms with Gasteiger partial charge in [0.2, 0.25) is 11.6 Å². The molecule has 1 saturated heterocycles. The predicted molar refractivity (Wildman–Crippen MR) is 153 cm³/mol. The first kappa shape index (κ1) is 30.8. The van der Waals surface area contributed by atoms with Crippen LogP contribution in [0.15, 0.2) is 33.0 Å². The van der Waals surface area contributed by atoms with Crippen molar-refractivity contribution in [2.24, 2.45) is 5.16 Å². The number of thiazole rings is 1. The van der Waals surface area contributed by atoms with Gasteiger partial charge in [0.05, 0.1) is 30.7 Å². The van der Waals surface area contributed by atoms with Gasteiger partial charge in [-0.05, 0) is 31.2 Å². The number of nitrogen functional groups attached to an aromatic ring is 3. The van der Waals surface area contributed by atoms with Gasteiger partial charge >= 0.3 is 11.1 Å². The third kappa shape index (κ3) is 6.52. The van der Waals surface area contributed by atoms with Crippen molar-refractivity contribution in [2.75, 3.05) is 28.7 Å². The minimum atomic E-state index is -1.53. The average molecular weight is 638 g/mol. The lowest BCUT2D eigenvalue weighted by atomic mass is 10.0. The highest BCUT2D eigenvalue weighted by molar-refractivity contribution is 8.01. The Balaban J connectivity index is 1.51. The van der Waals surface area contributed by atoms with E-state index in [0.29, 0.717) is 23.1 Å². The Morgan fingerprint density at radius 3 is 2.71 bits per heavy atom. The number of thioether (sulfide) groups is 2. The maximum Gasteiger partial charge on any atom is 0.307 e. The van der Waals surface area contributed by atoms with Gasteiger partial charge < -0.3 is 42.4 Å². The molecular weight excluding hydrogens is 611 g/mol. The standard InChI is InChI=1S/C23H27N9O7S3/c1-3-31-13(25)5-12(24)28-23(31)42-7-10-6-40-20-16(19(36)32(20)17(10)21(37)38)29-18(35)15(11-8-41-22(26)27-11)30-39-9(2)4-14(33)34/h5,8-9,16,20H,3-4,6-7H2,1-2H3,(H8,24,25,26,27,29,33,34,35,37,38)/b30-15-/t9?,16?,20-/m1/s1. The fourth-order valence-electron chi connectivity index (χ4n) is 4.14. The summed E-state index contributed by atoms with van der Waals surface area (Å²) in [6.45, 7) is 3.84. The van der Waals surface area contributed by atoms with Gasteiger partial charge in [-0.15, -0.1) is 23.1 Å². The number of amides is 2. The average Bonchev–Trinajstić information content (AvgIpc) is 3.34. The number of nitrogens with zero attached hydrogens (tertiary/aromatic N) is 5. The quantitative estimate of drug-likeness (QED) is 0.0437. The van der Waals surface area contributed by atoms with E-state index in [2.05, 4.69) is 20.4 Å². The topological polar surface area (TPSA) is 256 Å². The van der Waals surface area contributed by atoms with Gasteiger partial charge in [0.1, 0.15) is 23.2 Å². The minimum Gasteiger partial charge on any atom is -0.543 e. The molecule has 1 fully saturated rings. The summed E-state index contributed by atoms with van der Waals surface area (Å²) < 4.78 is 1.72. The van der Waals surface area contributed by atoms with Crippen LogP contribution >= 0.6 is 34.9 Å². The molecular formula is C23H27N9O7S3. The van der Waals surface area contributed by atoms with Crippen molar-refractivity contribution in [1.29, 1.82) is 0 Å². The number of β-lactam (4-membered cyclic amide) rings is 1. The van der Waals surface area contributed by atoms with Gasteiger partial charge in [-0.2, -0.15) is 0 Å². The van der Waals surface area contributed by atoms with Crippen LogP contribution in [0.3, 0.4) is 0 Å². The zero-order chi connectivity index (χ0) is 30.7. The van der Waals surface area contributed by atoms with E-state index in [1.54, 1.807) is 4.57 Å². The molecule has 0 aromatic carbocycles. The third-order valence-electron chi connectivity index (χ3n) is 6.05. The third-order valence-corrected chi connectivity index (χ3v) is 9.12. The van der Waals surface area contributed by atoms with Crippen molar-refractivity contribution in [3.63, 3.8) is 0 Å². The van der Waals surface area contributed by atoms with Crippen molar-refractivity contribution >= 4 is 81.1 Å². The maximum absolute atomic E-state index is 13.2. The predicted octanol–water partition coefficient (Wildman–Crippen LogP) is -1.63. The van der Waals surface area contributed by atoms with Gasteiger partial charge in [-0.25, -0.2) is 9.55 Å². The van der Waals surface area contributed by atoms with E-state index in [4.69, 9.17) is 27.1 Å². The van der Waals surface area contributed by atoms with E-state index in [9.17, 15) is 24.3 Å². The van der Waals surface area contributed by atoms with Crippen LogP contribution in [0.25, 0.3) is 0 Å². The molecule has 0 saturated carbocycles. The van der Waals surface area contributed by atoms with E-state index in [-0.39, 0.29) is 46.0 Å². The number of nitrogens with two attached hydrogens (primary N) is 3. The lowest BCUT2D eigenvalue weighted by Crippen LogP contribution is -2.71. The van der Waals surface area contributed by atoms with Gasteiger partial charge in [-0.1, -0.05) is 10.1 Å². The molecule has 0 bridgehead atoms. The molecule has 2 aliphatic rings. The van der Waals surface area contributed by atoms with Gasteiger partial charge in [-0.3, -0.25) is 19.3 Å². The Bertz CT molecular complexity index is 1500. The zero-order valence-corrected chi connectivity index (χ0v) is 24.8. The Kier molecular flexibility index (Phi) is 9.42. The van der Waals surface area contributed by atoms with Crippen LogP contribution in [0.5, 0.6) is 0 Å². The number of carbonyl (C=O) groups excluding carboxylic acids is 3. The molecule has 2 aromatic heterocycles. The molecule has 42 heavy (non-hydrogen) atoms. The molecule has 0 spiro atoms. The second kappa shape index (κ2) is 12.8. The number of aromatic nitrogens is 3. The number of anilines is 3. The largest absolute Gasteiger partial charge is 0.543 e. The van der Waals surface area contributed by atoms with Crippen LogP contribution in [0, 0.1) is 0 Å². The van der Waals surface area contributed by atoms with E-state index >= 15 is 0 Å². The number of carboxylic acids is 2. The van der Waals surface area contributed by atoms with Crippen LogP contribution in [0.1, 0.15) is 26.0 Å². The van der Waals surface area contributed by atoms with Crippen LogP contribution in [0.4, 0.5) is 16.8 Å². The number of fused-ring (bicyclic) bond motifs is 1. The smallest absolute Gasteiger partial charge is 0.307 e. The van der Waals surface area contributed by atoms with Crippen LogP contribution in [0.2, 0.25) is 0 Å². The molecule has 2 unspecified atom stereocenters. The Morgan fingerprint density at radius 2 is 2.10 bits per heavy atom. The lowest BCUT2D eigenvalue weighted by molar-refractivity contribution is -0.719. The van der Waals surface area contributed by atoms with E-state index in [1.807, 2.05) is 6.92 Å². The Labute approximate surface area is 251 Å². The monoisotopic (exact) mass is 637 g/mol. The van der Waals surface area contributed by atoms with Gasteiger partial charge in [0.25, 0.3) is 11.8 Å². The second-order valence-electron chi connectivity index (χ2n) is 9.05. The summed E-state index contributed by atoms with van der Waals surface area (Å²) in [6, 6.07) is 0.442. The molecule has 0 aliphatic carbocycles. The molecule has 0 radical (unpaired) electrons. The number of rotatable bonds is 12. The van der Waals surface area contributed by atoms with E-state index < -0.39 is 41.3 Å². The first-order valence-electron chi connectivity index (χ1n) is 12.4. The fourth-order valence-corrected chi connectivity index (χ4v) is 7.27. The summed E-state index contributed by atoms with van der Waals surface area (Å²) in [4.78, 5) is 64.0. The molecule has 4 heterocycles. The number of carbonyl (C=O) groups is 4. The normalized spacial score (nSPS) is 19.1. The Hall–Kier alpha value is -4.10. The molecule has 3 atom stereocenters. The Morgan fingerprint density at radius 1 is 1.36 bits per heavy atom. The number of oxime groups is 1. The summed E-state index contributed by atoms with van der Waals surface area (Å²) in [6.07, 6.45) is -1.24. The summed E-state index contributed by atoms with van der Waals surface area (Å²) in [5, 5.41) is 28.8. The lowest BCUT2D eigenvalue weighted by Gasteiger charge is -2.50. The number of carboxylic acid groups (broad SMARTS) is 2. The summed E-state index contributed by atoms with van der Waals surface area (Å²) >= 11 is 3.53. The zero-order valence-electron chi connectivity index (χ0n) is 22.3. The van der Waals surface area contributed by atoms with Gasteiger partial charge in [0, 0.05) is 16.9 Å². The van der Waals surface area contributed by atoms with E-state index in [0.717, 1.165) is 16.2 Å². The van der Waals surface area contributed by atoms with Crippen LogP contribution < -0.4 is 32.2 Å². The van der Waals surface area contributed by atoms with Crippen LogP contribution in [-0.2, 0) is 30.6 Å². The number of hydrogen-bond acceptors (Lipinski definition) is 15. The SMILES string of the molecule is CC[n+]1c(N)cc(N)nc1SCC1=C(C(=O)[O-])N2C(=O)C(NC(=O)/C(=N\OC(C)CC(=O)O)c3csc(N)n3)[C@H]2SC1.